The van der Waals surface area contributed by atoms with Gasteiger partial charge in [-0.1, -0.05) is 6.92 Å². The van der Waals surface area contributed by atoms with Gasteiger partial charge in [0.15, 0.2) is 0 Å². The van der Waals surface area contributed by atoms with Crippen LogP contribution in [-0.4, -0.2) is 43.9 Å². The lowest BCUT2D eigenvalue weighted by molar-refractivity contribution is 0.0699. The van der Waals surface area contributed by atoms with Gasteiger partial charge in [-0.05, 0) is 31.4 Å². The Balaban J connectivity index is 1.68. The summed E-state index contributed by atoms with van der Waals surface area (Å²) in [4.78, 5) is 14.5. The number of aryl methyl sites for hydroxylation is 1. The third-order valence-corrected chi connectivity index (χ3v) is 3.98. The molecular weight excluding hydrogens is 266 g/mol. The van der Waals surface area contributed by atoms with Crippen LogP contribution < -0.4 is 0 Å². The van der Waals surface area contributed by atoms with Crippen LogP contribution in [0.25, 0.3) is 0 Å². The summed E-state index contributed by atoms with van der Waals surface area (Å²) in [6.07, 6.45) is 6.78. The molecule has 2 aromatic heterocycles. The Kier molecular flexibility index (Phi) is 4.03. The first-order valence-electron chi connectivity index (χ1n) is 7.60. The Labute approximate surface area is 124 Å². The molecule has 1 unspecified atom stereocenters. The minimum atomic E-state index is 0.0362. The van der Waals surface area contributed by atoms with Crippen LogP contribution >= 0.6 is 0 Å². The number of amides is 1. The zero-order valence-corrected chi connectivity index (χ0v) is 12.3. The summed E-state index contributed by atoms with van der Waals surface area (Å²) in [5.74, 6) is 0.386. The molecule has 0 radical (unpaired) electrons. The largest absolute Gasteiger partial charge is 0.337 e. The number of hydrogen-bond acceptors (Lipinski definition) is 3. The van der Waals surface area contributed by atoms with E-state index in [0.717, 1.165) is 44.6 Å². The number of piperidine rings is 1. The van der Waals surface area contributed by atoms with Crippen molar-refractivity contribution >= 4 is 5.91 Å². The van der Waals surface area contributed by atoms with Crippen LogP contribution in [0.4, 0.5) is 0 Å². The van der Waals surface area contributed by atoms with Crippen LogP contribution in [0.1, 0.15) is 48.3 Å². The van der Waals surface area contributed by atoms with Crippen molar-refractivity contribution in [2.24, 2.45) is 0 Å². The number of likely N-dealkylation sites (tertiary alicyclic amines) is 1. The molecule has 0 aromatic carbocycles. The molecule has 1 atom stereocenters. The first-order valence-corrected chi connectivity index (χ1v) is 7.60. The predicted molar refractivity (Wildman–Crippen MR) is 79.0 cm³/mol. The van der Waals surface area contributed by atoms with Crippen LogP contribution in [0.15, 0.2) is 24.5 Å². The fraction of sp³-hybridized carbons (Fsp3) is 0.533. The van der Waals surface area contributed by atoms with Crippen LogP contribution in [0, 0.1) is 0 Å². The molecule has 0 bridgehead atoms. The molecule has 6 heteroatoms. The van der Waals surface area contributed by atoms with Gasteiger partial charge in [0.2, 0.25) is 0 Å². The Hall–Kier alpha value is -2.11. The van der Waals surface area contributed by atoms with E-state index in [1.165, 1.54) is 0 Å². The van der Waals surface area contributed by atoms with Crippen molar-refractivity contribution in [2.45, 2.75) is 38.6 Å². The molecule has 6 nitrogen and oxygen atoms in total. The van der Waals surface area contributed by atoms with Gasteiger partial charge in [-0.3, -0.25) is 14.6 Å². The lowest BCUT2D eigenvalue weighted by atomic mass is 9.95. The van der Waals surface area contributed by atoms with E-state index in [0.29, 0.717) is 11.6 Å². The maximum Gasteiger partial charge on any atom is 0.274 e. The van der Waals surface area contributed by atoms with E-state index >= 15 is 0 Å². The molecule has 1 aliphatic heterocycles. The quantitative estimate of drug-likeness (QED) is 0.935. The van der Waals surface area contributed by atoms with Crippen molar-refractivity contribution in [1.29, 1.82) is 0 Å². The molecule has 1 fully saturated rings. The summed E-state index contributed by atoms with van der Waals surface area (Å²) in [7, 11) is 0. The fourth-order valence-electron chi connectivity index (χ4n) is 2.90. The number of nitrogens with zero attached hydrogens (tertiary/aromatic N) is 4. The van der Waals surface area contributed by atoms with E-state index in [2.05, 4.69) is 22.2 Å². The van der Waals surface area contributed by atoms with Gasteiger partial charge in [0.1, 0.15) is 5.69 Å². The second-order valence-corrected chi connectivity index (χ2v) is 5.57. The molecule has 0 saturated carbocycles. The highest BCUT2D eigenvalue weighted by Crippen LogP contribution is 2.25. The Bertz CT molecular complexity index is 589. The summed E-state index contributed by atoms with van der Waals surface area (Å²) >= 11 is 0. The highest BCUT2D eigenvalue weighted by molar-refractivity contribution is 5.92. The zero-order chi connectivity index (χ0) is 14.7. The van der Waals surface area contributed by atoms with Crippen molar-refractivity contribution in [3.63, 3.8) is 0 Å². The van der Waals surface area contributed by atoms with Gasteiger partial charge >= 0.3 is 0 Å². The summed E-state index contributed by atoms with van der Waals surface area (Å²) < 4.78 is 1.84. The topological polar surface area (TPSA) is 66.8 Å². The lowest BCUT2D eigenvalue weighted by Crippen LogP contribution is -2.39. The zero-order valence-electron chi connectivity index (χ0n) is 12.3. The van der Waals surface area contributed by atoms with Crippen molar-refractivity contribution in [3.05, 3.63) is 35.9 Å². The molecule has 112 valence electrons. The molecule has 1 N–H and O–H groups in total. The van der Waals surface area contributed by atoms with Gasteiger partial charge in [0.05, 0.1) is 0 Å². The van der Waals surface area contributed by atoms with E-state index < -0.39 is 0 Å². The van der Waals surface area contributed by atoms with Gasteiger partial charge < -0.3 is 4.90 Å². The van der Waals surface area contributed by atoms with Crippen LogP contribution in [0.2, 0.25) is 0 Å². The Morgan fingerprint density at radius 2 is 2.38 bits per heavy atom. The molecule has 1 aliphatic rings. The van der Waals surface area contributed by atoms with Crippen molar-refractivity contribution in [3.8, 4) is 0 Å². The maximum absolute atomic E-state index is 12.6. The summed E-state index contributed by atoms with van der Waals surface area (Å²) in [6, 6.07) is 3.81. The molecule has 2 aromatic rings. The number of nitrogens with one attached hydrogen (secondary N) is 1. The van der Waals surface area contributed by atoms with Gasteiger partial charge in [-0.25, -0.2) is 0 Å². The first kappa shape index (κ1) is 13.9. The summed E-state index contributed by atoms with van der Waals surface area (Å²) in [5.41, 5.74) is 1.66. The fourth-order valence-corrected chi connectivity index (χ4v) is 2.90. The predicted octanol–water partition coefficient (Wildman–Crippen LogP) is 2.04. The average Bonchev–Trinajstić information content (AvgIpc) is 3.18. The van der Waals surface area contributed by atoms with Crippen molar-refractivity contribution in [1.82, 2.24) is 24.9 Å². The summed E-state index contributed by atoms with van der Waals surface area (Å²) in [5, 5.41) is 11.4. The van der Waals surface area contributed by atoms with Gasteiger partial charge in [-0.2, -0.15) is 10.2 Å². The van der Waals surface area contributed by atoms with Crippen LogP contribution in [0.5, 0.6) is 0 Å². The minimum Gasteiger partial charge on any atom is -0.337 e. The third kappa shape index (κ3) is 2.99. The number of aromatic nitrogens is 4. The number of hydrogen-bond donors (Lipinski definition) is 1. The number of carbonyl (C=O) groups excluding carboxylic acids is 1. The molecule has 1 saturated heterocycles. The number of rotatable bonds is 4. The van der Waals surface area contributed by atoms with E-state index in [4.69, 9.17) is 0 Å². The molecular formula is C15H21N5O. The van der Waals surface area contributed by atoms with Crippen molar-refractivity contribution in [2.75, 3.05) is 13.1 Å². The normalized spacial score (nSPS) is 18.9. The minimum absolute atomic E-state index is 0.0362. The lowest BCUT2D eigenvalue weighted by Gasteiger charge is -2.31. The number of carbonyl (C=O) groups is 1. The van der Waals surface area contributed by atoms with E-state index in [9.17, 15) is 4.79 Å². The van der Waals surface area contributed by atoms with E-state index in [1.807, 2.05) is 27.9 Å². The first-order chi connectivity index (χ1) is 10.3. The average molecular weight is 287 g/mol. The molecule has 0 aliphatic carbocycles. The Morgan fingerprint density at radius 1 is 1.48 bits per heavy atom. The molecule has 3 heterocycles. The monoisotopic (exact) mass is 287 g/mol. The summed E-state index contributed by atoms with van der Waals surface area (Å²) in [6.45, 7) is 4.50. The highest BCUT2D eigenvalue weighted by atomic mass is 16.2. The van der Waals surface area contributed by atoms with Gasteiger partial charge in [-0.15, -0.1) is 0 Å². The third-order valence-electron chi connectivity index (χ3n) is 3.98. The highest BCUT2D eigenvalue weighted by Gasteiger charge is 2.27. The number of H-pyrrole nitrogens is 1. The second-order valence-electron chi connectivity index (χ2n) is 5.57. The van der Waals surface area contributed by atoms with Crippen LogP contribution in [-0.2, 0) is 6.54 Å². The molecule has 21 heavy (non-hydrogen) atoms. The Morgan fingerprint density at radius 3 is 3.14 bits per heavy atom. The molecule has 1 amide bonds. The van der Waals surface area contributed by atoms with Gasteiger partial charge in [0, 0.05) is 43.6 Å². The number of aromatic amines is 1. The molecule has 3 rings (SSSR count). The standard InChI is InChI=1S/C15H21N5O/c1-2-8-20-10-6-14(18-20)15(21)19-9-3-4-12(11-19)13-5-7-16-17-13/h5-7,10,12H,2-4,8-9,11H2,1H3,(H,16,17). The maximum atomic E-state index is 12.6. The van der Waals surface area contributed by atoms with E-state index in [-0.39, 0.29) is 5.91 Å². The SMILES string of the molecule is CCCn1ccc(C(=O)N2CCCC(c3ccn[nH]3)C2)n1. The smallest absolute Gasteiger partial charge is 0.274 e. The van der Waals surface area contributed by atoms with Crippen LogP contribution in [0.3, 0.4) is 0 Å². The van der Waals surface area contributed by atoms with E-state index in [1.54, 1.807) is 6.20 Å². The molecule has 0 spiro atoms. The van der Waals surface area contributed by atoms with Crippen molar-refractivity contribution < 1.29 is 4.79 Å². The van der Waals surface area contributed by atoms with Gasteiger partial charge in [0.25, 0.3) is 5.91 Å². The second kappa shape index (κ2) is 6.11.